The standard InChI is InChI=1S/C26H30N2O4S/c1-5-32-25-9-7-6-8-23(25)17-27-26(29)22-12-10-21(11-13-22)18-28(33(4,30)31)24-15-19(2)14-20(3)16-24/h6-16H,5,17-18H2,1-4H3,(H,27,29). The van der Waals surface area contributed by atoms with Crippen molar-refractivity contribution < 1.29 is 17.9 Å². The summed E-state index contributed by atoms with van der Waals surface area (Å²) in [5, 5.41) is 2.91. The van der Waals surface area contributed by atoms with Gasteiger partial charge in [0.25, 0.3) is 5.91 Å². The third-order valence-corrected chi connectivity index (χ3v) is 6.29. The van der Waals surface area contributed by atoms with Crippen LogP contribution in [-0.2, 0) is 23.1 Å². The largest absolute Gasteiger partial charge is 0.494 e. The van der Waals surface area contributed by atoms with Crippen LogP contribution in [0.5, 0.6) is 5.75 Å². The molecule has 174 valence electrons. The fraction of sp³-hybridized carbons (Fsp3) is 0.269. The molecule has 1 N–H and O–H groups in total. The quantitative estimate of drug-likeness (QED) is 0.500. The highest BCUT2D eigenvalue weighted by atomic mass is 32.2. The molecule has 3 aromatic carbocycles. The highest BCUT2D eigenvalue weighted by Crippen LogP contribution is 2.24. The monoisotopic (exact) mass is 466 g/mol. The SMILES string of the molecule is CCOc1ccccc1CNC(=O)c1ccc(CN(c2cc(C)cc(C)c2)S(C)(=O)=O)cc1. The minimum absolute atomic E-state index is 0.186. The first-order valence-corrected chi connectivity index (χ1v) is 12.7. The van der Waals surface area contributed by atoms with Gasteiger partial charge in [0.1, 0.15) is 5.75 Å². The first-order valence-electron chi connectivity index (χ1n) is 10.8. The van der Waals surface area contributed by atoms with E-state index in [4.69, 9.17) is 4.74 Å². The lowest BCUT2D eigenvalue weighted by Crippen LogP contribution is -2.29. The molecular weight excluding hydrogens is 436 g/mol. The van der Waals surface area contributed by atoms with Gasteiger partial charge in [-0.2, -0.15) is 0 Å². The number of anilines is 1. The maximum Gasteiger partial charge on any atom is 0.251 e. The number of benzene rings is 3. The number of carbonyl (C=O) groups is 1. The summed E-state index contributed by atoms with van der Waals surface area (Å²) < 4.78 is 31.9. The van der Waals surface area contributed by atoms with Crippen LogP contribution in [0.25, 0.3) is 0 Å². The number of rotatable bonds is 9. The summed E-state index contributed by atoms with van der Waals surface area (Å²) in [7, 11) is -3.48. The van der Waals surface area contributed by atoms with Crippen molar-refractivity contribution in [3.05, 3.63) is 94.5 Å². The third kappa shape index (κ3) is 6.58. The van der Waals surface area contributed by atoms with E-state index in [-0.39, 0.29) is 12.5 Å². The van der Waals surface area contributed by atoms with Crippen molar-refractivity contribution in [1.82, 2.24) is 5.32 Å². The molecule has 3 rings (SSSR count). The molecule has 0 radical (unpaired) electrons. The zero-order chi connectivity index (χ0) is 24.0. The van der Waals surface area contributed by atoms with E-state index < -0.39 is 10.0 Å². The Balaban J connectivity index is 1.71. The summed E-state index contributed by atoms with van der Waals surface area (Å²) in [5.41, 5.74) is 4.82. The number of aryl methyl sites for hydroxylation is 2. The average Bonchev–Trinajstić information content (AvgIpc) is 2.76. The molecule has 0 fully saturated rings. The van der Waals surface area contributed by atoms with E-state index in [2.05, 4.69) is 5.32 Å². The van der Waals surface area contributed by atoms with Gasteiger partial charge in [-0.25, -0.2) is 8.42 Å². The normalized spacial score (nSPS) is 11.2. The Labute approximate surface area is 196 Å². The molecule has 0 aliphatic rings. The predicted molar refractivity (Wildman–Crippen MR) is 132 cm³/mol. The number of ether oxygens (including phenoxy) is 1. The summed E-state index contributed by atoms with van der Waals surface area (Å²) >= 11 is 0. The predicted octanol–water partition coefficient (Wildman–Crippen LogP) is 4.60. The minimum atomic E-state index is -3.48. The van der Waals surface area contributed by atoms with Gasteiger partial charge >= 0.3 is 0 Å². The van der Waals surface area contributed by atoms with Crippen LogP contribution in [0.1, 0.15) is 39.5 Å². The van der Waals surface area contributed by atoms with Crippen LogP contribution in [0.15, 0.2) is 66.7 Å². The van der Waals surface area contributed by atoms with Gasteiger partial charge in [-0.15, -0.1) is 0 Å². The van der Waals surface area contributed by atoms with E-state index in [1.807, 2.05) is 63.2 Å². The molecule has 33 heavy (non-hydrogen) atoms. The van der Waals surface area contributed by atoms with Crippen LogP contribution in [0, 0.1) is 13.8 Å². The Morgan fingerprint density at radius 1 is 0.970 bits per heavy atom. The van der Waals surface area contributed by atoms with Crippen molar-refractivity contribution in [3.63, 3.8) is 0 Å². The van der Waals surface area contributed by atoms with E-state index >= 15 is 0 Å². The van der Waals surface area contributed by atoms with Crippen molar-refractivity contribution in [1.29, 1.82) is 0 Å². The molecule has 3 aromatic rings. The van der Waals surface area contributed by atoms with Gasteiger partial charge in [0, 0.05) is 17.7 Å². The summed E-state index contributed by atoms with van der Waals surface area (Å²) in [6.45, 7) is 6.89. The zero-order valence-electron chi connectivity index (χ0n) is 19.5. The molecule has 7 heteroatoms. The second-order valence-corrected chi connectivity index (χ2v) is 9.94. The van der Waals surface area contributed by atoms with Crippen LogP contribution in [-0.4, -0.2) is 27.2 Å². The maximum absolute atomic E-state index is 12.6. The Bertz CT molecular complexity index is 1200. The lowest BCUT2D eigenvalue weighted by molar-refractivity contribution is 0.0950. The molecule has 6 nitrogen and oxygen atoms in total. The zero-order valence-corrected chi connectivity index (χ0v) is 20.3. The van der Waals surface area contributed by atoms with Gasteiger partial charge < -0.3 is 10.1 Å². The summed E-state index contributed by atoms with van der Waals surface area (Å²) in [6, 6.07) is 20.3. The molecule has 0 unspecified atom stereocenters. The van der Waals surface area contributed by atoms with Crippen LogP contribution in [0.3, 0.4) is 0 Å². The smallest absolute Gasteiger partial charge is 0.251 e. The Morgan fingerprint density at radius 3 is 2.21 bits per heavy atom. The highest BCUT2D eigenvalue weighted by Gasteiger charge is 2.19. The van der Waals surface area contributed by atoms with Gasteiger partial charge in [-0.05, 0) is 67.8 Å². The van der Waals surface area contributed by atoms with E-state index in [0.29, 0.717) is 24.4 Å². The van der Waals surface area contributed by atoms with Gasteiger partial charge in [-0.1, -0.05) is 36.4 Å². The Hall–Kier alpha value is -3.32. The van der Waals surface area contributed by atoms with Crippen molar-refractivity contribution in [3.8, 4) is 5.75 Å². The van der Waals surface area contributed by atoms with Crippen molar-refractivity contribution >= 4 is 21.6 Å². The average molecular weight is 467 g/mol. The number of sulfonamides is 1. The molecule has 0 aliphatic heterocycles. The van der Waals surface area contributed by atoms with Crippen molar-refractivity contribution in [2.75, 3.05) is 17.2 Å². The first-order chi connectivity index (χ1) is 15.7. The van der Waals surface area contributed by atoms with Crippen molar-refractivity contribution in [2.45, 2.75) is 33.9 Å². The Morgan fingerprint density at radius 2 is 1.61 bits per heavy atom. The van der Waals surface area contributed by atoms with E-state index in [0.717, 1.165) is 28.0 Å². The minimum Gasteiger partial charge on any atom is -0.494 e. The highest BCUT2D eigenvalue weighted by molar-refractivity contribution is 7.92. The number of carbonyl (C=O) groups excluding carboxylic acids is 1. The topological polar surface area (TPSA) is 75.7 Å². The number of hydrogen-bond donors (Lipinski definition) is 1. The van der Waals surface area contributed by atoms with Crippen LogP contribution in [0.4, 0.5) is 5.69 Å². The van der Waals surface area contributed by atoms with Crippen LogP contribution < -0.4 is 14.4 Å². The first kappa shape index (κ1) is 24.3. The van der Waals surface area contributed by atoms with Crippen molar-refractivity contribution in [2.24, 2.45) is 0 Å². The van der Waals surface area contributed by atoms with Gasteiger partial charge in [-0.3, -0.25) is 9.10 Å². The second kappa shape index (κ2) is 10.5. The molecule has 0 saturated heterocycles. The van der Waals surface area contributed by atoms with E-state index in [1.165, 1.54) is 10.6 Å². The van der Waals surface area contributed by atoms with E-state index in [1.54, 1.807) is 24.3 Å². The third-order valence-electron chi connectivity index (χ3n) is 5.15. The molecule has 0 spiro atoms. The maximum atomic E-state index is 12.6. The Kier molecular flexibility index (Phi) is 7.76. The molecule has 0 aliphatic carbocycles. The molecule has 0 aromatic heterocycles. The fourth-order valence-electron chi connectivity index (χ4n) is 3.65. The van der Waals surface area contributed by atoms with Gasteiger partial charge in [0.15, 0.2) is 0 Å². The molecule has 0 heterocycles. The fourth-order valence-corrected chi connectivity index (χ4v) is 4.52. The number of hydrogen-bond acceptors (Lipinski definition) is 4. The molecule has 0 bridgehead atoms. The summed E-state index contributed by atoms with van der Waals surface area (Å²) in [6.07, 6.45) is 1.20. The van der Waals surface area contributed by atoms with Crippen LogP contribution >= 0.6 is 0 Å². The number of nitrogens with one attached hydrogen (secondary N) is 1. The van der Waals surface area contributed by atoms with Crippen LogP contribution in [0.2, 0.25) is 0 Å². The van der Waals surface area contributed by atoms with Gasteiger partial charge in [0.2, 0.25) is 10.0 Å². The van der Waals surface area contributed by atoms with Gasteiger partial charge in [0.05, 0.1) is 25.1 Å². The number of para-hydroxylation sites is 1. The van der Waals surface area contributed by atoms with E-state index in [9.17, 15) is 13.2 Å². The lowest BCUT2D eigenvalue weighted by Gasteiger charge is -2.23. The molecule has 0 atom stereocenters. The summed E-state index contributed by atoms with van der Waals surface area (Å²) in [5.74, 6) is 0.546. The number of nitrogens with zero attached hydrogens (tertiary/aromatic N) is 1. The number of amides is 1. The molecule has 1 amide bonds. The molecular formula is C26H30N2O4S. The molecule has 0 saturated carbocycles. The lowest BCUT2D eigenvalue weighted by atomic mass is 10.1. The second-order valence-electron chi connectivity index (χ2n) is 8.04. The summed E-state index contributed by atoms with van der Waals surface area (Å²) in [4.78, 5) is 12.6.